The van der Waals surface area contributed by atoms with Crippen LogP contribution in [-0.2, 0) is 0 Å². The van der Waals surface area contributed by atoms with Crippen LogP contribution in [0.1, 0.15) is 6.42 Å². The van der Waals surface area contributed by atoms with Gasteiger partial charge in [-0.2, -0.15) is 0 Å². The smallest absolute Gasteiger partial charge is 0.0229 e. The van der Waals surface area contributed by atoms with Crippen molar-refractivity contribution in [1.82, 2.24) is 15.1 Å². The Kier molecular flexibility index (Phi) is 3.98. The minimum absolute atomic E-state index is 0.779. The highest BCUT2D eigenvalue weighted by atomic mass is 15.2. The van der Waals surface area contributed by atoms with Gasteiger partial charge in [0, 0.05) is 25.7 Å². The van der Waals surface area contributed by atoms with E-state index < -0.39 is 0 Å². The highest BCUT2D eigenvalue weighted by Crippen LogP contribution is 2.11. The third-order valence-electron chi connectivity index (χ3n) is 2.66. The number of likely N-dealkylation sites (N-methyl/N-ethyl adjacent to an activating group) is 2. The average Bonchev–Trinajstić information content (AvgIpc) is 2.48. The first kappa shape index (κ1) is 9.96. The van der Waals surface area contributed by atoms with E-state index >= 15 is 0 Å². The zero-order valence-electron chi connectivity index (χ0n) is 8.51. The van der Waals surface area contributed by atoms with Crippen LogP contribution in [0.4, 0.5) is 0 Å². The minimum atomic E-state index is 0.779. The van der Waals surface area contributed by atoms with E-state index in [1.807, 2.05) is 7.05 Å². The quantitative estimate of drug-likeness (QED) is 0.634. The lowest BCUT2D eigenvalue weighted by Gasteiger charge is -2.20. The summed E-state index contributed by atoms with van der Waals surface area (Å²) in [4.78, 5) is 4.86. The van der Waals surface area contributed by atoms with Crippen molar-refractivity contribution < 1.29 is 0 Å². The maximum atomic E-state index is 3.18. The van der Waals surface area contributed by atoms with Crippen molar-refractivity contribution in [3.05, 3.63) is 0 Å². The molecule has 0 unspecified atom stereocenters. The second kappa shape index (κ2) is 4.80. The summed E-state index contributed by atoms with van der Waals surface area (Å²) in [7, 11) is 6.36. The fourth-order valence-electron chi connectivity index (χ4n) is 1.71. The Morgan fingerprint density at radius 1 is 1.50 bits per heavy atom. The fraction of sp³-hybridized carbons (Fsp3) is 1.00. The summed E-state index contributed by atoms with van der Waals surface area (Å²) >= 11 is 0. The number of rotatable bonds is 4. The van der Waals surface area contributed by atoms with Crippen molar-refractivity contribution in [2.24, 2.45) is 0 Å². The third-order valence-corrected chi connectivity index (χ3v) is 2.66. The summed E-state index contributed by atoms with van der Waals surface area (Å²) in [5, 5.41) is 3.18. The van der Waals surface area contributed by atoms with Crippen LogP contribution in [0.2, 0.25) is 0 Å². The van der Waals surface area contributed by atoms with Crippen LogP contribution in [0, 0.1) is 0 Å². The molecule has 1 aliphatic rings. The molecular weight excluding hydrogens is 150 g/mol. The van der Waals surface area contributed by atoms with Gasteiger partial charge in [-0.15, -0.1) is 0 Å². The van der Waals surface area contributed by atoms with E-state index in [9.17, 15) is 0 Å². The lowest BCUT2D eigenvalue weighted by Crippen LogP contribution is -2.34. The first-order chi connectivity index (χ1) is 5.74. The second-order valence-electron chi connectivity index (χ2n) is 3.81. The molecule has 0 aromatic carbocycles. The van der Waals surface area contributed by atoms with E-state index in [0.717, 1.165) is 12.6 Å². The first-order valence-electron chi connectivity index (χ1n) is 4.77. The van der Waals surface area contributed by atoms with Crippen molar-refractivity contribution >= 4 is 0 Å². The summed E-state index contributed by atoms with van der Waals surface area (Å²) < 4.78 is 0. The summed E-state index contributed by atoms with van der Waals surface area (Å²) in [5.74, 6) is 0. The number of nitrogens with zero attached hydrogens (tertiary/aromatic N) is 2. The predicted octanol–water partition coefficient (Wildman–Crippen LogP) is -0.158. The maximum absolute atomic E-state index is 3.18. The summed E-state index contributed by atoms with van der Waals surface area (Å²) in [6.07, 6.45) is 1.33. The molecule has 0 radical (unpaired) electrons. The Morgan fingerprint density at radius 3 is 2.75 bits per heavy atom. The van der Waals surface area contributed by atoms with E-state index in [0.29, 0.717) is 0 Å². The molecule has 0 bridgehead atoms. The highest BCUT2D eigenvalue weighted by Gasteiger charge is 2.22. The van der Waals surface area contributed by atoms with Gasteiger partial charge in [0.15, 0.2) is 0 Å². The molecule has 0 aromatic rings. The molecule has 12 heavy (non-hydrogen) atoms. The van der Waals surface area contributed by atoms with Gasteiger partial charge >= 0.3 is 0 Å². The molecule has 0 amide bonds. The molecule has 3 nitrogen and oxygen atoms in total. The Labute approximate surface area is 75.7 Å². The number of likely N-dealkylation sites (tertiary alicyclic amines) is 1. The van der Waals surface area contributed by atoms with Gasteiger partial charge < -0.3 is 15.1 Å². The number of hydrogen-bond donors (Lipinski definition) is 1. The lowest BCUT2D eigenvalue weighted by atomic mass is 10.2. The van der Waals surface area contributed by atoms with Gasteiger partial charge in [-0.1, -0.05) is 0 Å². The zero-order valence-corrected chi connectivity index (χ0v) is 8.51. The van der Waals surface area contributed by atoms with Crippen LogP contribution >= 0.6 is 0 Å². The zero-order chi connectivity index (χ0) is 8.97. The second-order valence-corrected chi connectivity index (χ2v) is 3.81. The van der Waals surface area contributed by atoms with Crippen molar-refractivity contribution in [2.45, 2.75) is 12.5 Å². The normalized spacial score (nSPS) is 25.5. The van der Waals surface area contributed by atoms with Gasteiger partial charge in [-0.05, 0) is 34.1 Å². The van der Waals surface area contributed by atoms with Crippen LogP contribution in [-0.4, -0.2) is 63.2 Å². The van der Waals surface area contributed by atoms with Crippen molar-refractivity contribution in [3.8, 4) is 0 Å². The number of hydrogen-bond acceptors (Lipinski definition) is 3. The molecular formula is C9H21N3. The Hall–Kier alpha value is -0.120. The van der Waals surface area contributed by atoms with Crippen LogP contribution < -0.4 is 5.32 Å². The molecule has 72 valence electrons. The molecule has 1 heterocycles. The van der Waals surface area contributed by atoms with Gasteiger partial charge in [-0.25, -0.2) is 0 Å². The van der Waals surface area contributed by atoms with Crippen LogP contribution in [0.5, 0.6) is 0 Å². The maximum Gasteiger partial charge on any atom is 0.0229 e. The first-order valence-corrected chi connectivity index (χ1v) is 4.77. The Bertz CT molecular complexity index is 125. The average molecular weight is 171 g/mol. The molecule has 3 heteroatoms. The molecule has 1 fully saturated rings. The standard InChI is InChI=1S/C9H21N3/c1-10-5-7-12-6-4-9(8-12)11(2)3/h9-10H,4-8H2,1-3H3/t9-/m0/s1. The van der Waals surface area contributed by atoms with E-state index in [-0.39, 0.29) is 0 Å². The Balaban J connectivity index is 2.17. The molecule has 0 aliphatic carbocycles. The molecule has 1 saturated heterocycles. The van der Waals surface area contributed by atoms with E-state index in [1.165, 1.54) is 26.1 Å². The molecule has 0 aromatic heterocycles. The van der Waals surface area contributed by atoms with Crippen molar-refractivity contribution in [1.29, 1.82) is 0 Å². The molecule has 1 atom stereocenters. The summed E-state index contributed by atoms with van der Waals surface area (Å²) in [5.41, 5.74) is 0. The largest absolute Gasteiger partial charge is 0.318 e. The molecule has 1 N–H and O–H groups in total. The molecule has 1 rings (SSSR count). The van der Waals surface area contributed by atoms with Crippen LogP contribution in [0.25, 0.3) is 0 Å². The summed E-state index contributed by atoms with van der Waals surface area (Å²) in [6.45, 7) is 4.82. The van der Waals surface area contributed by atoms with Crippen molar-refractivity contribution in [2.75, 3.05) is 47.3 Å². The third kappa shape index (κ3) is 2.73. The highest BCUT2D eigenvalue weighted by molar-refractivity contribution is 4.80. The van der Waals surface area contributed by atoms with Gasteiger partial charge in [0.1, 0.15) is 0 Å². The van der Waals surface area contributed by atoms with Gasteiger partial charge in [0.25, 0.3) is 0 Å². The van der Waals surface area contributed by atoms with Crippen molar-refractivity contribution in [3.63, 3.8) is 0 Å². The molecule has 1 aliphatic heterocycles. The minimum Gasteiger partial charge on any atom is -0.318 e. The fourth-order valence-corrected chi connectivity index (χ4v) is 1.71. The van der Waals surface area contributed by atoms with Crippen LogP contribution in [0.15, 0.2) is 0 Å². The monoisotopic (exact) mass is 171 g/mol. The lowest BCUT2D eigenvalue weighted by molar-refractivity contribution is 0.269. The molecule has 0 saturated carbocycles. The van der Waals surface area contributed by atoms with E-state index in [1.54, 1.807) is 0 Å². The Morgan fingerprint density at radius 2 is 2.25 bits per heavy atom. The van der Waals surface area contributed by atoms with Gasteiger partial charge in [0.05, 0.1) is 0 Å². The van der Waals surface area contributed by atoms with Gasteiger partial charge in [0.2, 0.25) is 0 Å². The SMILES string of the molecule is CNCCN1CC[C@H](N(C)C)C1. The van der Waals surface area contributed by atoms with Crippen LogP contribution in [0.3, 0.4) is 0 Å². The molecule has 0 spiro atoms. The topological polar surface area (TPSA) is 18.5 Å². The number of nitrogens with one attached hydrogen (secondary N) is 1. The van der Waals surface area contributed by atoms with E-state index in [2.05, 4.69) is 29.2 Å². The van der Waals surface area contributed by atoms with Gasteiger partial charge in [-0.3, -0.25) is 0 Å². The summed E-state index contributed by atoms with van der Waals surface area (Å²) in [6, 6.07) is 0.779. The predicted molar refractivity (Wildman–Crippen MR) is 52.5 cm³/mol. The van der Waals surface area contributed by atoms with E-state index in [4.69, 9.17) is 0 Å².